The van der Waals surface area contributed by atoms with Crippen LogP contribution in [0.2, 0.25) is 0 Å². The molecule has 3 nitrogen and oxygen atoms in total. The van der Waals surface area contributed by atoms with Gasteiger partial charge in [-0.3, -0.25) is 4.79 Å². The molecular weight excluding hydrogens is 308 g/mol. The monoisotopic (exact) mass is 326 g/mol. The van der Waals surface area contributed by atoms with E-state index >= 15 is 0 Å². The molecule has 1 spiro atoms. The molecule has 0 bridgehead atoms. The van der Waals surface area contributed by atoms with Crippen molar-refractivity contribution in [2.45, 2.75) is 24.3 Å². The highest BCUT2D eigenvalue weighted by Gasteiger charge is 2.52. The van der Waals surface area contributed by atoms with Crippen molar-refractivity contribution in [1.82, 2.24) is 0 Å². The maximum absolute atomic E-state index is 13.4. The highest BCUT2D eigenvalue weighted by molar-refractivity contribution is 6.07. The number of aryl methyl sites for hydroxylation is 1. The minimum atomic E-state index is -0.738. The van der Waals surface area contributed by atoms with Crippen LogP contribution in [-0.2, 0) is 6.42 Å². The van der Waals surface area contributed by atoms with Gasteiger partial charge in [0.2, 0.25) is 0 Å². The molecule has 1 aliphatic heterocycles. The molecule has 2 unspecified atom stereocenters. The Kier molecular flexibility index (Phi) is 3.11. The predicted octanol–water partition coefficient (Wildman–Crippen LogP) is 4.96. The Bertz CT molecular complexity index is 1020. The first-order valence-electron chi connectivity index (χ1n) is 8.79. The molecule has 0 saturated heterocycles. The van der Waals surface area contributed by atoms with E-state index in [-0.39, 0.29) is 11.7 Å². The SMILES string of the molecule is O=C1c2ccccc2CCC12N=NCC2c1cccc2ccccc12. The molecule has 0 aromatic heterocycles. The van der Waals surface area contributed by atoms with Gasteiger partial charge in [0, 0.05) is 11.5 Å². The van der Waals surface area contributed by atoms with Crippen molar-refractivity contribution in [3.63, 3.8) is 0 Å². The minimum Gasteiger partial charge on any atom is -0.291 e. The molecule has 0 saturated carbocycles. The van der Waals surface area contributed by atoms with Gasteiger partial charge < -0.3 is 0 Å². The van der Waals surface area contributed by atoms with Crippen molar-refractivity contribution >= 4 is 16.6 Å². The van der Waals surface area contributed by atoms with E-state index in [1.165, 1.54) is 16.3 Å². The van der Waals surface area contributed by atoms with E-state index < -0.39 is 5.54 Å². The first-order valence-corrected chi connectivity index (χ1v) is 8.79. The van der Waals surface area contributed by atoms with Crippen molar-refractivity contribution in [2.75, 3.05) is 6.54 Å². The van der Waals surface area contributed by atoms with Crippen LogP contribution in [0.1, 0.15) is 33.8 Å². The lowest BCUT2D eigenvalue weighted by Gasteiger charge is -2.35. The molecule has 0 N–H and O–H groups in total. The normalized spacial score (nSPS) is 24.8. The van der Waals surface area contributed by atoms with Gasteiger partial charge in [0.15, 0.2) is 11.3 Å². The maximum Gasteiger partial charge on any atom is 0.193 e. The summed E-state index contributed by atoms with van der Waals surface area (Å²) in [5.41, 5.74) is 2.41. The van der Waals surface area contributed by atoms with Crippen molar-refractivity contribution in [3.8, 4) is 0 Å². The summed E-state index contributed by atoms with van der Waals surface area (Å²) >= 11 is 0. The number of hydrogen-bond acceptors (Lipinski definition) is 3. The van der Waals surface area contributed by atoms with Crippen LogP contribution < -0.4 is 0 Å². The van der Waals surface area contributed by atoms with Gasteiger partial charge in [-0.2, -0.15) is 10.2 Å². The van der Waals surface area contributed by atoms with Gasteiger partial charge in [-0.1, -0.05) is 66.7 Å². The summed E-state index contributed by atoms with van der Waals surface area (Å²) in [5.74, 6) is 0.146. The van der Waals surface area contributed by atoms with Crippen molar-refractivity contribution in [1.29, 1.82) is 0 Å². The van der Waals surface area contributed by atoms with Crippen LogP contribution in [0.15, 0.2) is 77.0 Å². The molecule has 2 atom stereocenters. The molecule has 3 heteroatoms. The average molecular weight is 326 g/mol. The summed E-state index contributed by atoms with van der Waals surface area (Å²) in [6, 6.07) is 22.6. The molecule has 1 aliphatic carbocycles. The first-order chi connectivity index (χ1) is 12.3. The fourth-order valence-electron chi connectivity index (χ4n) is 4.44. The summed E-state index contributed by atoms with van der Waals surface area (Å²) in [6.07, 6.45) is 1.61. The van der Waals surface area contributed by atoms with Crippen LogP contribution in [0, 0.1) is 0 Å². The number of rotatable bonds is 1. The molecule has 1 heterocycles. The number of azo groups is 1. The lowest BCUT2D eigenvalue weighted by atomic mass is 9.68. The number of ketones is 1. The lowest BCUT2D eigenvalue weighted by Crippen LogP contribution is -2.44. The predicted molar refractivity (Wildman–Crippen MR) is 98.2 cm³/mol. The Balaban J connectivity index is 1.67. The molecule has 3 aromatic carbocycles. The number of carbonyl (C=O) groups excluding carboxylic acids is 1. The highest BCUT2D eigenvalue weighted by atomic mass is 16.1. The van der Waals surface area contributed by atoms with Crippen LogP contribution in [0.25, 0.3) is 10.8 Å². The fraction of sp³-hybridized carbons (Fsp3) is 0.227. The number of hydrogen-bond donors (Lipinski definition) is 0. The third-order valence-corrected chi connectivity index (χ3v) is 5.72. The topological polar surface area (TPSA) is 41.8 Å². The lowest BCUT2D eigenvalue weighted by molar-refractivity contribution is 0.0854. The standard InChI is InChI=1S/C22H18N2O/c25-21-18-10-4-2-7-16(18)12-13-22(21)20(14-23-24-22)19-11-5-8-15-6-1-3-9-17(15)19/h1-11,20H,12-14H2. The second-order valence-electron chi connectivity index (χ2n) is 6.96. The summed E-state index contributed by atoms with van der Waals surface area (Å²) in [4.78, 5) is 13.4. The first kappa shape index (κ1) is 14.5. The van der Waals surface area contributed by atoms with Crippen LogP contribution in [-0.4, -0.2) is 17.9 Å². The van der Waals surface area contributed by atoms with Crippen LogP contribution in [0.3, 0.4) is 0 Å². The molecule has 25 heavy (non-hydrogen) atoms. The Morgan fingerprint density at radius 2 is 1.72 bits per heavy atom. The zero-order chi connectivity index (χ0) is 16.9. The summed E-state index contributed by atoms with van der Waals surface area (Å²) in [6.45, 7) is 0.585. The van der Waals surface area contributed by atoms with Crippen molar-refractivity contribution in [3.05, 3.63) is 83.4 Å². The third kappa shape index (κ3) is 2.02. The van der Waals surface area contributed by atoms with Crippen molar-refractivity contribution < 1.29 is 4.79 Å². The maximum atomic E-state index is 13.4. The molecule has 0 amide bonds. The van der Waals surface area contributed by atoms with Gasteiger partial charge in [-0.15, -0.1) is 0 Å². The van der Waals surface area contributed by atoms with Gasteiger partial charge in [0.05, 0.1) is 6.54 Å². The number of benzene rings is 3. The molecule has 0 radical (unpaired) electrons. The zero-order valence-electron chi connectivity index (χ0n) is 13.9. The number of carbonyl (C=O) groups is 1. The van der Waals surface area contributed by atoms with Crippen molar-refractivity contribution in [2.24, 2.45) is 10.2 Å². The molecule has 0 fully saturated rings. The van der Waals surface area contributed by atoms with Gasteiger partial charge in [0.25, 0.3) is 0 Å². The molecule has 3 aromatic rings. The Labute approximate surface area is 146 Å². The largest absolute Gasteiger partial charge is 0.291 e. The van der Waals surface area contributed by atoms with E-state index in [1.54, 1.807) is 0 Å². The van der Waals surface area contributed by atoms with Gasteiger partial charge in [-0.05, 0) is 34.7 Å². The Hall–Kier alpha value is -2.81. The van der Waals surface area contributed by atoms with E-state index in [9.17, 15) is 4.79 Å². The van der Waals surface area contributed by atoms with E-state index in [4.69, 9.17) is 0 Å². The smallest absolute Gasteiger partial charge is 0.193 e. The molecular formula is C22H18N2O. The molecule has 2 aliphatic rings. The Morgan fingerprint density at radius 1 is 0.920 bits per heavy atom. The number of nitrogens with zero attached hydrogens (tertiary/aromatic N) is 2. The highest BCUT2D eigenvalue weighted by Crippen LogP contribution is 2.47. The van der Waals surface area contributed by atoms with E-state index in [0.29, 0.717) is 6.54 Å². The fourth-order valence-corrected chi connectivity index (χ4v) is 4.44. The number of Topliss-reactive ketones (excluding diaryl/α,β-unsaturated/α-hetero) is 1. The summed E-state index contributed by atoms with van der Waals surface area (Å²) < 4.78 is 0. The third-order valence-electron chi connectivity index (χ3n) is 5.72. The Morgan fingerprint density at radius 3 is 2.68 bits per heavy atom. The van der Waals surface area contributed by atoms with Gasteiger partial charge in [-0.25, -0.2) is 0 Å². The summed E-state index contributed by atoms with van der Waals surface area (Å²) in [7, 11) is 0. The second-order valence-corrected chi connectivity index (χ2v) is 6.96. The van der Waals surface area contributed by atoms with E-state index in [1.807, 2.05) is 24.3 Å². The average Bonchev–Trinajstić information content (AvgIpc) is 3.09. The van der Waals surface area contributed by atoms with Gasteiger partial charge in [0.1, 0.15) is 0 Å². The zero-order valence-corrected chi connectivity index (χ0v) is 13.9. The summed E-state index contributed by atoms with van der Waals surface area (Å²) in [5, 5.41) is 11.3. The molecule has 5 rings (SSSR count). The van der Waals surface area contributed by atoms with Gasteiger partial charge >= 0.3 is 0 Å². The van der Waals surface area contributed by atoms with Crippen LogP contribution in [0.5, 0.6) is 0 Å². The molecule has 122 valence electrons. The van der Waals surface area contributed by atoms with Crippen LogP contribution in [0.4, 0.5) is 0 Å². The minimum absolute atomic E-state index is 0.0134. The second kappa shape index (κ2) is 5.35. The van der Waals surface area contributed by atoms with Crippen LogP contribution >= 0.6 is 0 Å². The number of fused-ring (bicyclic) bond motifs is 2. The van der Waals surface area contributed by atoms with E-state index in [2.05, 4.69) is 52.7 Å². The quantitative estimate of drug-likeness (QED) is 0.623. The van der Waals surface area contributed by atoms with E-state index in [0.717, 1.165) is 24.0 Å².